The van der Waals surface area contributed by atoms with Crippen molar-refractivity contribution < 1.29 is 42.8 Å². The van der Waals surface area contributed by atoms with Gasteiger partial charge >= 0.3 is 0 Å². The van der Waals surface area contributed by atoms with E-state index in [1.807, 2.05) is 0 Å². The fourth-order valence-electron chi connectivity index (χ4n) is 2.22. The largest absolute Gasteiger partial charge is 0.390 e. The molecule has 5 rings (SSSR count). The third kappa shape index (κ3) is 2.33. The summed E-state index contributed by atoms with van der Waals surface area (Å²) in [6, 6.07) is -3.24. The third-order valence-electron chi connectivity index (χ3n) is 3.02. The second-order valence-electron chi connectivity index (χ2n) is 4.58. The number of hydrogen-bond donors (Lipinski definition) is 2. The molecule has 0 radical (unpaired) electrons. The second kappa shape index (κ2) is 4.94. The lowest BCUT2D eigenvalue weighted by Crippen LogP contribution is -2.65. The number of aliphatic hydroxyl groups is 1. The van der Waals surface area contributed by atoms with Gasteiger partial charge in [0.25, 0.3) is 0 Å². The van der Waals surface area contributed by atoms with Crippen molar-refractivity contribution in [3.8, 4) is 6.07 Å². The van der Waals surface area contributed by atoms with Crippen LogP contribution in [0.5, 0.6) is 0 Å². The van der Waals surface area contributed by atoms with Gasteiger partial charge in [-0.3, -0.25) is 4.79 Å². The number of amides is 1. The summed E-state index contributed by atoms with van der Waals surface area (Å²) < 4.78 is 212. The highest BCUT2D eigenvalue weighted by atomic mass is 16.3. The molecule has 1 amide bonds. The van der Waals surface area contributed by atoms with Crippen molar-refractivity contribution in [2.45, 2.75) is 68.1 Å². The van der Waals surface area contributed by atoms with Crippen molar-refractivity contribution in [2.24, 2.45) is 11.8 Å². The van der Waals surface area contributed by atoms with E-state index in [0.29, 0.717) is 0 Å². The molecule has 2 N–H and O–H groups in total. The summed E-state index contributed by atoms with van der Waals surface area (Å²) in [5, 5.41) is 12.5. The standard InChI is InChI=1S/C17H25N3O2/c18-9-14-2-1-3-20(14)15(21)10-19-16-5-12-4-13(6-16)8-17(22,7-12)11-16/h12-14,19,22H,1-8,10-11H2/t12?,13?,14-,16?,17?/m0/s1/i1D2,2D2,3D2,4D2,5D2,6D2,7D2,8D2,10D2,11D2,12D,13D,14D,22D/hD. The van der Waals surface area contributed by atoms with Gasteiger partial charge in [0, 0.05) is 39.5 Å². The Hall–Kier alpha value is -1.12. The third-order valence-corrected chi connectivity index (χ3v) is 3.02. The van der Waals surface area contributed by atoms with E-state index in [2.05, 4.69) is 5.11 Å². The highest BCUT2D eigenvalue weighted by Crippen LogP contribution is 2.57. The summed E-state index contributed by atoms with van der Waals surface area (Å²) in [4.78, 5) is 12.9. The maximum Gasteiger partial charge on any atom is 0.237 e. The molecule has 3 atom stereocenters. The predicted octanol–water partition coefficient (Wildman–Crippen LogP) is 1.17. The number of nitrogens with zero attached hydrogens (tertiary/aromatic N) is 2. The van der Waals surface area contributed by atoms with Crippen molar-refractivity contribution >= 4 is 5.91 Å². The lowest BCUT2D eigenvalue weighted by Gasteiger charge is -2.60. The molecule has 120 valence electrons. The van der Waals surface area contributed by atoms with E-state index in [0.717, 1.165) is 6.07 Å². The van der Waals surface area contributed by atoms with E-state index in [1.54, 1.807) is 0 Å². The SMILES string of the molecule is [2H]OC12C([2H])([2H])C3([2H])C([2H])([2H])C([2H])(C1([2H])[2H])C([2H])([2H])C(N([2H])C([2H])([2H])C(=O)N1C([2H])([2H])C([2H])([2H])C([2H])([2H])[C@@]1([2H])C#N)(C3([2H])[2H])C2([2H])[2H]. The lowest BCUT2D eigenvalue weighted by atomic mass is 9.51. The van der Waals surface area contributed by atoms with Crippen LogP contribution in [0.15, 0.2) is 0 Å². The fraction of sp³-hybridized carbons (Fsp3) is 0.882. The van der Waals surface area contributed by atoms with Gasteiger partial charge in [0.15, 0.2) is 0 Å². The quantitative estimate of drug-likeness (QED) is 0.812. The summed E-state index contributed by atoms with van der Waals surface area (Å²) in [6.45, 7) is -9.00. The summed E-state index contributed by atoms with van der Waals surface area (Å²) in [6.07, 6.45) is -35.6. The molecule has 0 spiro atoms. The van der Waals surface area contributed by atoms with Crippen LogP contribution in [0.1, 0.15) is 82.5 Å². The van der Waals surface area contributed by atoms with E-state index in [9.17, 15) is 10.1 Å². The summed E-state index contributed by atoms with van der Waals surface area (Å²) >= 11 is 0. The van der Waals surface area contributed by atoms with Crippen molar-refractivity contribution in [2.75, 3.05) is 13.0 Å². The highest BCUT2D eigenvalue weighted by Gasteiger charge is 2.57. The van der Waals surface area contributed by atoms with Gasteiger partial charge in [0.05, 0.1) is 22.3 Å². The molecule has 0 aromatic heterocycles. The van der Waals surface area contributed by atoms with Gasteiger partial charge in [-0.05, 0) is 62.8 Å². The molecular weight excluding hydrogens is 278 g/mol. The Morgan fingerprint density at radius 1 is 1.59 bits per heavy atom. The van der Waals surface area contributed by atoms with Crippen LogP contribution in [0.2, 0.25) is 1.41 Å². The zero-order chi connectivity index (χ0) is 37.6. The fourth-order valence-corrected chi connectivity index (χ4v) is 2.22. The van der Waals surface area contributed by atoms with Crippen molar-refractivity contribution in [1.82, 2.24) is 10.2 Å². The molecule has 5 aliphatic rings. The van der Waals surface area contributed by atoms with Gasteiger partial charge in [-0.1, -0.05) is 0 Å². The van der Waals surface area contributed by atoms with Gasteiger partial charge in [0.2, 0.25) is 7.34 Å². The monoisotopic (exact) mass is 328 g/mol. The number of carbonyl (C=O) groups excluding carboxylic acids is 1. The van der Waals surface area contributed by atoms with Crippen LogP contribution >= 0.6 is 0 Å². The molecule has 22 heavy (non-hydrogen) atoms. The van der Waals surface area contributed by atoms with Crippen LogP contribution in [0.4, 0.5) is 0 Å². The highest BCUT2D eigenvalue weighted by molar-refractivity contribution is 5.79. The van der Waals surface area contributed by atoms with Crippen molar-refractivity contribution in [3.63, 3.8) is 0 Å². The van der Waals surface area contributed by atoms with E-state index in [-0.39, 0.29) is 0 Å². The first-order valence-corrected chi connectivity index (χ1v) is 6.00. The van der Waals surface area contributed by atoms with Gasteiger partial charge in [-0.2, -0.15) is 5.26 Å². The Kier molecular flexibility index (Phi) is 0.775. The first kappa shape index (κ1) is 3.45. The van der Waals surface area contributed by atoms with Crippen LogP contribution in [-0.2, 0) is 4.79 Å². The molecule has 5 fully saturated rings. The first-order chi connectivity index (χ1) is 20.3. The van der Waals surface area contributed by atoms with Crippen LogP contribution < -0.4 is 5.31 Å². The Labute approximate surface area is 166 Å². The van der Waals surface area contributed by atoms with Crippen molar-refractivity contribution in [3.05, 3.63) is 0 Å². The van der Waals surface area contributed by atoms with Crippen LogP contribution in [0, 0.1) is 23.1 Å². The Balaban J connectivity index is 2.20. The average Bonchev–Trinajstić information content (AvgIpc) is 2.96. The van der Waals surface area contributed by atoms with E-state index < -0.39 is 109 Å². The molecule has 0 aromatic carbocycles. The Bertz CT molecular complexity index is 1440. The smallest absolute Gasteiger partial charge is 0.237 e. The summed E-state index contributed by atoms with van der Waals surface area (Å²) in [7, 11) is 0. The summed E-state index contributed by atoms with van der Waals surface area (Å²) in [5.74, 6) is -11.9. The Morgan fingerprint density at radius 3 is 3.05 bits per heavy atom. The maximum absolute atomic E-state index is 13.9. The molecule has 1 aliphatic heterocycles. The first-order valence-electron chi connectivity index (χ1n) is 18.4. The topological polar surface area (TPSA) is 76.4 Å². The van der Waals surface area contributed by atoms with E-state index in [4.69, 9.17) is 34.4 Å². The molecule has 1 saturated heterocycles. The molecular formula is C17H25N3O2. The number of rotatable bonds is 4. The van der Waals surface area contributed by atoms with Crippen molar-refractivity contribution in [1.29, 1.82) is 6.69 Å². The average molecular weight is 329 g/mol. The van der Waals surface area contributed by atoms with E-state index in [1.165, 1.54) is 0 Å². The number of hydrogen-bond acceptors (Lipinski definition) is 4. The molecule has 5 nitrogen and oxygen atoms in total. The number of carbonyl (C=O) groups is 1. The van der Waals surface area contributed by atoms with Crippen LogP contribution in [0.3, 0.4) is 0 Å². The number of nitriles is 1. The van der Waals surface area contributed by atoms with Gasteiger partial charge in [0.1, 0.15) is 7.43 Å². The molecule has 0 aromatic rings. The predicted molar refractivity (Wildman–Crippen MR) is 80.7 cm³/mol. The van der Waals surface area contributed by atoms with Gasteiger partial charge in [-0.25, -0.2) is 0 Å². The van der Waals surface area contributed by atoms with Crippen LogP contribution in [-0.4, -0.2) is 47.5 Å². The molecule has 2 unspecified atom stereocenters. The number of nitrogens with one attached hydrogen (secondary N) is 1. The maximum atomic E-state index is 13.9. The molecule has 5 heteroatoms. The van der Waals surface area contributed by atoms with Crippen LogP contribution in [0.25, 0.3) is 0 Å². The zero-order valence-electron chi connectivity index (χ0n) is 35.7. The molecule has 4 bridgehead atoms. The zero-order valence-corrected chi connectivity index (χ0v) is 10.7. The van der Waals surface area contributed by atoms with Gasteiger partial charge < -0.3 is 15.3 Å². The Morgan fingerprint density at radius 2 is 2.36 bits per heavy atom. The minimum atomic E-state index is -4.83. The molecule has 4 aliphatic carbocycles. The summed E-state index contributed by atoms with van der Waals surface area (Å²) in [5.41, 5.74) is -9.33. The number of likely N-dealkylation sites (tertiary alicyclic amines) is 1. The van der Waals surface area contributed by atoms with E-state index >= 15 is 0 Å². The minimum Gasteiger partial charge on any atom is -0.390 e. The molecule has 1 heterocycles. The normalized spacial score (nSPS) is 94.2. The second-order valence-corrected chi connectivity index (χ2v) is 4.58. The molecule has 4 saturated carbocycles. The lowest BCUT2D eigenvalue weighted by molar-refractivity contribution is -0.147. The van der Waals surface area contributed by atoms with Gasteiger partial charge in [-0.15, -0.1) is 0 Å². The minimum absolute atomic E-state index is 0.822.